The summed E-state index contributed by atoms with van der Waals surface area (Å²) in [5.41, 5.74) is -0.690. The smallest absolute Gasteiger partial charge is 0.416 e. The van der Waals surface area contributed by atoms with Crippen molar-refractivity contribution >= 4 is 15.7 Å². The lowest BCUT2D eigenvalue weighted by molar-refractivity contribution is -0.137. The lowest BCUT2D eigenvalue weighted by Crippen LogP contribution is -2.15. The Balaban J connectivity index is 2.01. The lowest BCUT2D eigenvalue weighted by atomic mass is 10.1. The first kappa shape index (κ1) is 19.7. The maximum Gasteiger partial charge on any atom is 0.416 e. The summed E-state index contributed by atoms with van der Waals surface area (Å²) in [6.07, 6.45) is -1.96. The fraction of sp³-hybridized carbons (Fsp3) is 0.167. The number of anilines is 1. The summed E-state index contributed by atoms with van der Waals surface area (Å²) >= 11 is 0. The van der Waals surface area contributed by atoms with Crippen molar-refractivity contribution < 1.29 is 30.7 Å². The number of aromatic nitrogens is 1. The van der Waals surface area contributed by atoms with Crippen LogP contribution in [0, 0.1) is 0 Å². The molecular weight excluding hydrogens is 397 g/mol. The van der Waals surface area contributed by atoms with E-state index in [2.05, 4.69) is 9.71 Å². The number of alkyl halides is 3. The highest BCUT2D eigenvalue weighted by atomic mass is 32.2. The second-order valence-corrected chi connectivity index (χ2v) is 7.29. The number of nitrogens with zero attached hydrogens (tertiary/aromatic N) is 1. The molecule has 6 nitrogen and oxygen atoms in total. The summed E-state index contributed by atoms with van der Waals surface area (Å²) < 4.78 is 76.9. The molecule has 0 saturated heterocycles. The number of hydrogen-bond acceptors (Lipinski definition) is 5. The summed E-state index contributed by atoms with van der Waals surface area (Å²) in [6, 6.07) is 7.96. The van der Waals surface area contributed by atoms with E-state index >= 15 is 0 Å². The van der Waals surface area contributed by atoms with E-state index in [1.165, 1.54) is 30.7 Å². The lowest BCUT2D eigenvalue weighted by Gasteiger charge is -2.14. The average molecular weight is 412 g/mol. The predicted molar refractivity (Wildman–Crippen MR) is 95.4 cm³/mol. The summed E-state index contributed by atoms with van der Waals surface area (Å²) in [7, 11) is -4.30. The standard InChI is InChI=1S/C18H15F3N2O4S/c1-2-26-13-6-7-16(15(11-13)17-22-8-9-27-17)23-28(24,25)14-5-3-4-12(10-14)18(19,20)21/h3-11,23H,2H2,1H3. The SMILES string of the molecule is CCOc1ccc(NS(=O)(=O)c2cccc(C(F)(F)F)c2)c(-c2ncco2)c1. The van der Waals surface area contributed by atoms with Crippen LogP contribution in [0.5, 0.6) is 5.75 Å². The molecule has 0 bridgehead atoms. The van der Waals surface area contributed by atoms with Crippen molar-refractivity contribution in [2.75, 3.05) is 11.3 Å². The number of benzene rings is 2. The van der Waals surface area contributed by atoms with E-state index < -0.39 is 26.7 Å². The first-order valence-electron chi connectivity index (χ1n) is 8.07. The number of ether oxygens (including phenoxy) is 1. The van der Waals surface area contributed by atoms with Gasteiger partial charge in [0.25, 0.3) is 10.0 Å². The van der Waals surface area contributed by atoms with Crippen LogP contribution in [-0.4, -0.2) is 20.0 Å². The van der Waals surface area contributed by atoms with Gasteiger partial charge in [-0.25, -0.2) is 13.4 Å². The summed E-state index contributed by atoms with van der Waals surface area (Å²) in [5, 5.41) is 0. The maximum atomic E-state index is 12.9. The summed E-state index contributed by atoms with van der Waals surface area (Å²) in [6.45, 7) is 2.18. The Bertz CT molecular complexity index is 1060. The molecule has 2 aromatic carbocycles. The Kier molecular flexibility index (Phi) is 5.32. The van der Waals surface area contributed by atoms with Gasteiger partial charge in [-0.1, -0.05) is 6.07 Å². The minimum atomic E-state index is -4.66. The summed E-state index contributed by atoms with van der Waals surface area (Å²) in [5.74, 6) is 0.584. The van der Waals surface area contributed by atoms with Crippen LogP contribution in [0.4, 0.5) is 18.9 Å². The van der Waals surface area contributed by atoms with E-state index in [1.807, 2.05) is 0 Å². The van der Waals surface area contributed by atoms with Gasteiger partial charge >= 0.3 is 6.18 Å². The largest absolute Gasteiger partial charge is 0.494 e. The van der Waals surface area contributed by atoms with Crippen molar-refractivity contribution in [2.45, 2.75) is 18.0 Å². The molecule has 0 spiro atoms. The first-order valence-corrected chi connectivity index (χ1v) is 9.56. The number of nitrogens with one attached hydrogen (secondary N) is 1. The van der Waals surface area contributed by atoms with Crippen LogP contribution < -0.4 is 9.46 Å². The normalized spacial score (nSPS) is 12.0. The van der Waals surface area contributed by atoms with Gasteiger partial charge in [0.1, 0.15) is 12.0 Å². The van der Waals surface area contributed by atoms with E-state index in [9.17, 15) is 21.6 Å². The Morgan fingerprint density at radius 3 is 2.61 bits per heavy atom. The van der Waals surface area contributed by atoms with E-state index in [1.54, 1.807) is 6.92 Å². The van der Waals surface area contributed by atoms with Crippen LogP contribution in [0.1, 0.15) is 12.5 Å². The molecular formula is C18H15F3N2O4S. The molecule has 1 heterocycles. The highest BCUT2D eigenvalue weighted by Crippen LogP contribution is 2.34. The molecule has 0 aliphatic rings. The number of halogens is 3. The first-order chi connectivity index (χ1) is 13.2. The molecule has 148 valence electrons. The highest BCUT2D eigenvalue weighted by Gasteiger charge is 2.31. The molecule has 28 heavy (non-hydrogen) atoms. The van der Waals surface area contributed by atoms with Crippen molar-refractivity contribution in [3.05, 3.63) is 60.5 Å². The third kappa shape index (κ3) is 4.28. The molecule has 1 aromatic heterocycles. The minimum absolute atomic E-state index is 0.0864. The van der Waals surface area contributed by atoms with Crippen LogP contribution >= 0.6 is 0 Å². The van der Waals surface area contributed by atoms with Crippen LogP contribution in [0.2, 0.25) is 0 Å². The van der Waals surface area contributed by atoms with E-state index in [0.29, 0.717) is 18.4 Å². The second-order valence-electron chi connectivity index (χ2n) is 5.61. The minimum Gasteiger partial charge on any atom is -0.494 e. The van der Waals surface area contributed by atoms with Gasteiger partial charge < -0.3 is 9.15 Å². The predicted octanol–water partition coefficient (Wildman–Crippen LogP) is 4.56. The maximum absolute atomic E-state index is 12.9. The molecule has 3 aromatic rings. The Morgan fingerprint density at radius 2 is 1.96 bits per heavy atom. The van der Waals surface area contributed by atoms with E-state index in [0.717, 1.165) is 18.2 Å². The Labute approximate surface area is 159 Å². The van der Waals surface area contributed by atoms with Crippen molar-refractivity contribution in [2.24, 2.45) is 0 Å². The molecule has 1 N–H and O–H groups in total. The van der Waals surface area contributed by atoms with Gasteiger partial charge in [0, 0.05) is 0 Å². The van der Waals surface area contributed by atoms with Crippen LogP contribution in [0.3, 0.4) is 0 Å². The molecule has 3 rings (SSSR count). The fourth-order valence-electron chi connectivity index (χ4n) is 2.45. The zero-order valence-electron chi connectivity index (χ0n) is 14.5. The quantitative estimate of drug-likeness (QED) is 0.642. The van der Waals surface area contributed by atoms with E-state index in [4.69, 9.17) is 9.15 Å². The highest BCUT2D eigenvalue weighted by molar-refractivity contribution is 7.92. The van der Waals surface area contributed by atoms with Crippen LogP contribution in [0.25, 0.3) is 11.5 Å². The third-order valence-corrected chi connectivity index (χ3v) is 5.04. The molecule has 0 aliphatic carbocycles. The molecule has 0 unspecified atom stereocenters. The monoisotopic (exact) mass is 412 g/mol. The van der Waals surface area contributed by atoms with Gasteiger partial charge in [0.15, 0.2) is 0 Å². The second kappa shape index (κ2) is 7.55. The average Bonchev–Trinajstić information content (AvgIpc) is 3.17. The molecule has 0 radical (unpaired) electrons. The summed E-state index contributed by atoms with van der Waals surface area (Å²) in [4.78, 5) is 3.47. The van der Waals surface area contributed by atoms with Gasteiger partial charge in [-0.2, -0.15) is 13.2 Å². The van der Waals surface area contributed by atoms with Gasteiger partial charge in [-0.15, -0.1) is 0 Å². The molecule has 0 amide bonds. The van der Waals surface area contributed by atoms with Crippen molar-refractivity contribution in [1.82, 2.24) is 4.98 Å². The molecule has 10 heteroatoms. The molecule has 0 saturated carbocycles. The molecule has 0 atom stereocenters. The zero-order valence-corrected chi connectivity index (χ0v) is 15.3. The van der Waals surface area contributed by atoms with Crippen molar-refractivity contribution in [3.8, 4) is 17.2 Å². The topological polar surface area (TPSA) is 81.4 Å². The van der Waals surface area contributed by atoms with E-state index in [-0.39, 0.29) is 17.1 Å². The zero-order chi connectivity index (χ0) is 20.4. The number of sulfonamides is 1. The van der Waals surface area contributed by atoms with Gasteiger partial charge in [0.05, 0.1) is 34.5 Å². The Hall–Kier alpha value is -3.01. The third-order valence-electron chi connectivity index (χ3n) is 3.68. The van der Waals surface area contributed by atoms with Gasteiger partial charge in [-0.3, -0.25) is 4.72 Å². The number of rotatable bonds is 6. The van der Waals surface area contributed by atoms with Crippen molar-refractivity contribution in [1.29, 1.82) is 0 Å². The molecule has 0 aliphatic heterocycles. The Morgan fingerprint density at radius 1 is 1.18 bits per heavy atom. The van der Waals surface area contributed by atoms with Gasteiger partial charge in [0.2, 0.25) is 5.89 Å². The fourth-order valence-corrected chi connectivity index (χ4v) is 3.57. The van der Waals surface area contributed by atoms with Crippen LogP contribution in [-0.2, 0) is 16.2 Å². The number of oxazole rings is 1. The van der Waals surface area contributed by atoms with Crippen molar-refractivity contribution in [3.63, 3.8) is 0 Å². The molecule has 0 fully saturated rings. The van der Waals surface area contributed by atoms with Gasteiger partial charge in [-0.05, 0) is 43.3 Å². The van der Waals surface area contributed by atoms with Crippen LogP contribution in [0.15, 0.2) is 64.2 Å². The number of hydrogen-bond donors (Lipinski definition) is 1.